The van der Waals surface area contributed by atoms with Gasteiger partial charge in [0.25, 0.3) is 10.0 Å². The molecular weight excluding hydrogens is 352 g/mol. The van der Waals surface area contributed by atoms with Gasteiger partial charge in [-0.25, -0.2) is 13.1 Å². The van der Waals surface area contributed by atoms with Crippen molar-refractivity contribution in [3.05, 3.63) is 30.3 Å². The van der Waals surface area contributed by atoms with Crippen LogP contribution >= 0.6 is 11.3 Å². The molecule has 1 aromatic carbocycles. The Morgan fingerprint density at radius 1 is 1.21 bits per heavy atom. The number of hydrogen-bond donors (Lipinski definition) is 2. The highest BCUT2D eigenvalue weighted by Gasteiger charge is 2.20. The Bertz CT molecular complexity index is 762. The first-order valence-electron chi connectivity index (χ1n) is 7.28. The molecule has 0 aliphatic rings. The fourth-order valence-corrected chi connectivity index (χ4v) is 3.83. The minimum Gasteiger partial charge on any atom is -0.465 e. The lowest BCUT2D eigenvalue weighted by Crippen LogP contribution is -2.34. The molecule has 130 valence electrons. The van der Waals surface area contributed by atoms with Crippen LogP contribution in [0.1, 0.15) is 6.92 Å². The Balaban J connectivity index is 1.85. The van der Waals surface area contributed by atoms with E-state index in [4.69, 9.17) is 4.74 Å². The fourth-order valence-electron chi connectivity index (χ4n) is 1.75. The maximum atomic E-state index is 12.2. The number of nitrogens with zero attached hydrogens (tertiary/aromatic N) is 2. The summed E-state index contributed by atoms with van der Waals surface area (Å²) in [5.74, 6) is -0.378. The number of ether oxygens (including phenoxy) is 1. The summed E-state index contributed by atoms with van der Waals surface area (Å²) in [4.78, 5) is 11.1. The van der Waals surface area contributed by atoms with Crippen LogP contribution in [0.5, 0.6) is 0 Å². The molecule has 2 rings (SSSR count). The summed E-state index contributed by atoms with van der Waals surface area (Å²) in [5.41, 5.74) is 0.813. The first-order chi connectivity index (χ1) is 11.5. The predicted octanol–water partition coefficient (Wildman–Crippen LogP) is 0.636. The first kappa shape index (κ1) is 18.5. The van der Waals surface area contributed by atoms with E-state index >= 15 is 0 Å². The highest BCUT2D eigenvalue weighted by atomic mass is 32.2. The van der Waals surface area contributed by atoms with E-state index in [2.05, 4.69) is 20.2 Å². The Morgan fingerprint density at radius 2 is 1.96 bits per heavy atom. The molecule has 0 saturated carbocycles. The molecule has 10 heteroatoms. The van der Waals surface area contributed by atoms with Crippen LogP contribution < -0.4 is 10.0 Å². The molecule has 0 amide bonds. The van der Waals surface area contributed by atoms with E-state index in [9.17, 15) is 13.2 Å². The number of carbonyl (C=O) groups excluding carboxylic acids is 1. The van der Waals surface area contributed by atoms with E-state index < -0.39 is 10.0 Å². The van der Waals surface area contributed by atoms with Gasteiger partial charge in [0.15, 0.2) is 0 Å². The zero-order valence-electron chi connectivity index (χ0n) is 13.1. The second-order valence-corrected chi connectivity index (χ2v) is 7.54. The number of aromatic nitrogens is 2. The predicted molar refractivity (Wildman–Crippen MR) is 90.0 cm³/mol. The molecule has 1 aromatic heterocycles. The Labute approximate surface area is 144 Å². The Morgan fingerprint density at radius 3 is 2.67 bits per heavy atom. The summed E-state index contributed by atoms with van der Waals surface area (Å²) in [6, 6.07) is 9.23. The molecule has 0 fully saturated rings. The van der Waals surface area contributed by atoms with Crippen LogP contribution in [0.2, 0.25) is 0 Å². The van der Waals surface area contributed by atoms with Gasteiger partial charge in [-0.15, -0.1) is 10.2 Å². The second-order valence-electron chi connectivity index (χ2n) is 4.62. The molecule has 1 heterocycles. The summed E-state index contributed by atoms with van der Waals surface area (Å²) in [5, 5.41) is 11.0. The van der Waals surface area contributed by atoms with E-state index in [0.717, 1.165) is 16.9 Å². The number of hydrogen-bond acceptors (Lipinski definition) is 8. The average Bonchev–Trinajstić information content (AvgIpc) is 3.06. The molecule has 24 heavy (non-hydrogen) atoms. The van der Waals surface area contributed by atoms with Gasteiger partial charge in [0, 0.05) is 18.7 Å². The van der Waals surface area contributed by atoms with Crippen LogP contribution in [-0.4, -0.2) is 50.8 Å². The van der Waals surface area contributed by atoms with E-state index in [1.165, 1.54) is 0 Å². The maximum absolute atomic E-state index is 12.2. The van der Waals surface area contributed by atoms with Gasteiger partial charge >= 0.3 is 5.97 Å². The molecule has 2 N–H and O–H groups in total. The van der Waals surface area contributed by atoms with Crippen molar-refractivity contribution in [3.63, 3.8) is 0 Å². The largest absolute Gasteiger partial charge is 0.465 e. The molecular formula is C14H18N4O4S2. The monoisotopic (exact) mass is 370 g/mol. The quantitative estimate of drug-likeness (QED) is 0.492. The summed E-state index contributed by atoms with van der Waals surface area (Å²) >= 11 is 1.00. The van der Waals surface area contributed by atoms with Crippen LogP contribution in [0, 0.1) is 0 Å². The van der Waals surface area contributed by atoms with Gasteiger partial charge in [-0.1, -0.05) is 41.7 Å². The van der Waals surface area contributed by atoms with Gasteiger partial charge in [0.1, 0.15) is 5.01 Å². The van der Waals surface area contributed by atoms with Crippen LogP contribution in [-0.2, 0) is 19.6 Å². The average molecular weight is 370 g/mol. The molecule has 0 unspecified atom stereocenters. The molecule has 0 aliphatic heterocycles. The van der Waals surface area contributed by atoms with Crippen molar-refractivity contribution >= 4 is 27.3 Å². The second kappa shape index (κ2) is 8.83. The van der Waals surface area contributed by atoms with Crippen molar-refractivity contribution in [1.82, 2.24) is 20.2 Å². The van der Waals surface area contributed by atoms with E-state index in [1.54, 1.807) is 6.92 Å². The minimum atomic E-state index is -3.72. The zero-order valence-corrected chi connectivity index (χ0v) is 14.7. The van der Waals surface area contributed by atoms with Gasteiger partial charge in [-0.3, -0.25) is 4.79 Å². The molecule has 0 bridgehead atoms. The van der Waals surface area contributed by atoms with Gasteiger partial charge < -0.3 is 10.1 Å². The van der Waals surface area contributed by atoms with Crippen molar-refractivity contribution in [3.8, 4) is 10.6 Å². The molecule has 0 atom stereocenters. The van der Waals surface area contributed by atoms with Gasteiger partial charge in [0.05, 0.1) is 13.2 Å². The van der Waals surface area contributed by atoms with Crippen molar-refractivity contribution in [2.75, 3.05) is 26.2 Å². The third kappa shape index (κ3) is 5.34. The van der Waals surface area contributed by atoms with Crippen LogP contribution in [0.15, 0.2) is 34.7 Å². The topological polar surface area (TPSA) is 110 Å². The normalized spacial score (nSPS) is 11.4. The van der Waals surface area contributed by atoms with Crippen LogP contribution in [0.4, 0.5) is 0 Å². The molecule has 0 spiro atoms. The first-order valence-corrected chi connectivity index (χ1v) is 9.58. The minimum absolute atomic E-state index is 0.0343. The molecule has 0 aliphatic carbocycles. The third-order valence-corrected chi connectivity index (χ3v) is 5.63. The lowest BCUT2D eigenvalue weighted by Gasteiger charge is -2.05. The number of benzene rings is 1. The number of sulfonamides is 1. The number of carbonyl (C=O) groups is 1. The van der Waals surface area contributed by atoms with Crippen molar-refractivity contribution in [2.45, 2.75) is 11.3 Å². The lowest BCUT2D eigenvalue weighted by molar-refractivity contribution is -0.141. The van der Waals surface area contributed by atoms with Crippen molar-refractivity contribution in [1.29, 1.82) is 0 Å². The number of esters is 1. The number of nitrogens with one attached hydrogen (secondary N) is 2. The Kier molecular flexibility index (Phi) is 6.79. The summed E-state index contributed by atoms with van der Waals surface area (Å²) in [7, 11) is -3.72. The fraction of sp³-hybridized carbons (Fsp3) is 0.357. The maximum Gasteiger partial charge on any atom is 0.319 e. The smallest absolute Gasteiger partial charge is 0.319 e. The van der Waals surface area contributed by atoms with Gasteiger partial charge in [-0.05, 0) is 6.92 Å². The van der Waals surface area contributed by atoms with E-state index in [0.29, 0.717) is 18.2 Å². The third-order valence-electron chi connectivity index (χ3n) is 2.83. The van der Waals surface area contributed by atoms with Gasteiger partial charge in [0.2, 0.25) is 4.34 Å². The molecule has 0 saturated heterocycles. The van der Waals surface area contributed by atoms with Crippen molar-refractivity contribution < 1.29 is 17.9 Å². The molecule has 2 aromatic rings. The van der Waals surface area contributed by atoms with Gasteiger partial charge in [-0.2, -0.15) is 0 Å². The highest BCUT2D eigenvalue weighted by molar-refractivity contribution is 7.91. The summed E-state index contributed by atoms with van der Waals surface area (Å²) < 4.78 is 31.4. The summed E-state index contributed by atoms with van der Waals surface area (Å²) in [6.07, 6.45) is 0. The molecule has 8 nitrogen and oxygen atoms in total. The van der Waals surface area contributed by atoms with E-state index in [-0.39, 0.29) is 23.4 Å². The summed E-state index contributed by atoms with van der Waals surface area (Å²) in [6.45, 7) is 2.49. The number of rotatable bonds is 9. The van der Waals surface area contributed by atoms with Crippen LogP contribution in [0.25, 0.3) is 10.6 Å². The van der Waals surface area contributed by atoms with Crippen molar-refractivity contribution in [2.24, 2.45) is 0 Å². The highest BCUT2D eigenvalue weighted by Crippen LogP contribution is 2.25. The van der Waals surface area contributed by atoms with Crippen LogP contribution in [0.3, 0.4) is 0 Å². The SMILES string of the molecule is CCOC(=O)CNCCNS(=O)(=O)c1nnc(-c2ccccc2)s1. The zero-order chi connectivity index (χ0) is 17.4. The van der Waals surface area contributed by atoms with E-state index in [1.807, 2.05) is 30.3 Å². The standard InChI is InChI=1S/C14H18N4O4S2/c1-2-22-12(19)10-15-8-9-16-24(20,21)14-18-17-13(23-14)11-6-4-3-5-7-11/h3-7,15-16H,2,8-10H2,1H3. The molecule has 0 radical (unpaired) electrons. The lowest BCUT2D eigenvalue weighted by atomic mass is 10.2. The Hall–Kier alpha value is -1.88.